The first kappa shape index (κ1) is 57.8. The van der Waals surface area contributed by atoms with Crippen LogP contribution in [0.15, 0.2) is 65.5 Å². The number of aliphatic carboxylic acids is 3. The van der Waals surface area contributed by atoms with Gasteiger partial charge >= 0.3 is 23.9 Å². The Morgan fingerprint density at radius 1 is 0.689 bits per heavy atom. The van der Waals surface area contributed by atoms with Crippen LogP contribution in [0.2, 0.25) is 0 Å². The van der Waals surface area contributed by atoms with Crippen LogP contribution in [0.3, 0.4) is 0 Å². The van der Waals surface area contributed by atoms with Crippen molar-refractivity contribution in [2.24, 2.45) is 0 Å². The number of carboxylic acids is 3. The molecule has 398 valence electrons. The maximum atomic E-state index is 15.1. The van der Waals surface area contributed by atoms with Crippen molar-refractivity contribution in [3.63, 3.8) is 0 Å². The number of rotatable bonds is 29. The van der Waals surface area contributed by atoms with Gasteiger partial charge in [-0.2, -0.15) is 5.10 Å². The van der Waals surface area contributed by atoms with E-state index in [0.717, 1.165) is 0 Å². The van der Waals surface area contributed by atoms with Crippen LogP contribution in [0, 0.1) is 9.39 Å². The summed E-state index contributed by atoms with van der Waals surface area (Å²) in [7, 11) is 0. The Balaban J connectivity index is 0.901. The highest BCUT2D eigenvalue weighted by Gasteiger charge is 2.29. The van der Waals surface area contributed by atoms with Gasteiger partial charge in [0.2, 0.25) is 5.91 Å². The summed E-state index contributed by atoms with van der Waals surface area (Å²) < 4.78 is 32.2. The van der Waals surface area contributed by atoms with Crippen LogP contribution in [0.5, 0.6) is 0 Å². The smallest absolute Gasteiger partial charge is 0.326 e. The average Bonchev–Trinajstić information content (AvgIpc) is 3.38. The summed E-state index contributed by atoms with van der Waals surface area (Å²) in [5, 5.41) is 44.8. The number of urea groups is 1. The molecule has 1 fully saturated rings. The Morgan fingerprint density at radius 2 is 1.30 bits per heavy atom. The Labute approximate surface area is 437 Å². The lowest BCUT2D eigenvalue weighted by Crippen LogP contribution is -2.51. The highest BCUT2D eigenvalue weighted by molar-refractivity contribution is 14.1. The van der Waals surface area contributed by atoms with Gasteiger partial charge in [-0.3, -0.25) is 28.8 Å². The number of carbonyl (C=O) groups is 8. The van der Waals surface area contributed by atoms with Crippen molar-refractivity contribution in [3.8, 4) is 0 Å². The van der Waals surface area contributed by atoms with Crippen molar-refractivity contribution in [3.05, 3.63) is 108 Å². The molecule has 0 bridgehead atoms. The maximum absolute atomic E-state index is 15.1. The molecule has 23 nitrogen and oxygen atoms in total. The van der Waals surface area contributed by atoms with Crippen molar-refractivity contribution in [2.45, 2.75) is 57.0 Å². The van der Waals surface area contributed by atoms with Crippen LogP contribution < -0.4 is 26.8 Å². The van der Waals surface area contributed by atoms with Gasteiger partial charge in [0.25, 0.3) is 23.3 Å². The van der Waals surface area contributed by atoms with E-state index in [1.165, 1.54) is 23.1 Å². The molecule has 25 heteroatoms. The number of carboxylic acid groups (broad SMARTS) is 3. The number of fused-ring (bicyclic) bond motifs is 1. The van der Waals surface area contributed by atoms with Crippen molar-refractivity contribution in [1.82, 2.24) is 41.3 Å². The number of piperazine rings is 1. The second-order valence-corrected chi connectivity index (χ2v) is 18.1. The van der Waals surface area contributed by atoms with Crippen molar-refractivity contribution < 1.29 is 72.3 Å². The second-order valence-electron chi connectivity index (χ2n) is 16.9. The minimum absolute atomic E-state index is 0.00288. The van der Waals surface area contributed by atoms with Crippen LogP contribution >= 0.6 is 22.6 Å². The van der Waals surface area contributed by atoms with Crippen molar-refractivity contribution in [2.75, 3.05) is 78.9 Å². The lowest BCUT2D eigenvalue weighted by Gasteiger charge is -2.35. The molecule has 0 spiro atoms. The van der Waals surface area contributed by atoms with Crippen LogP contribution in [-0.4, -0.2) is 174 Å². The first-order valence-electron chi connectivity index (χ1n) is 23.7. The number of hydrogen-bond donors (Lipinski definition) is 8. The van der Waals surface area contributed by atoms with E-state index in [-0.39, 0.29) is 133 Å². The first-order valence-corrected chi connectivity index (χ1v) is 24.7. The first-order chi connectivity index (χ1) is 35.5. The van der Waals surface area contributed by atoms with Gasteiger partial charge in [0, 0.05) is 78.6 Å². The minimum Gasteiger partial charge on any atom is -0.481 e. The molecule has 1 saturated heterocycles. The van der Waals surface area contributed by atoms with Gasteiger partial charge in [-0.25, -0.2) is 23.9 Å². The third kappa shape index (κ3) is 18.4. The van der Waals surface area contributed by atoms with Crippen LogP contribution in [-0.2, 0) is 39.8 Å². The van der Waals surface area contributed by atoms with Crippen LogP contribution in [0.1, 0.15) is 80.9 Å². The molecule has 2 unspecified atom stereocenters. The molecule has 3 aromatic carbocycles. The highest BCUT2D eigenvalue weighted by Crippen LogP contribution is 2.21. The predicted octanol–water partition coefficient (Wildman–Crippen LogP) is 2.38. The van der Waals surface area contributed by atoms with Crippen LogP contribution in [0.4, 0.5) is 9.18 Å². The fourth-order valence-corrected chi connectivity index (χ4v) is 8.30. The standard InChI is InChI=1S/C49H58FIN8O15/c50-37-9-8-30(26-40-34-5-1-2-6-35(34)44(64)57-56-40)25-36(37)46(66)59-17-15-58(16-18-59)45(65)32-27-31(28-33(51)29-32)43(63)53-14-20-73-22-24-74-23-21-72-19-12-41(60)52-13-4-3-7-38(47(67)68)54-49(71)55-39(48(69)70)10-11-42(61)62/h1-2,5-6,8-9,25,27-29,38-39H,3-4,7,10-24,26H2,(H,52,60)(H,53,63)(H,57,64)(H,61,62)(H,67,68)(H,69,70)(H2,54,55,71). The number of halogens is 2. The van der Waals surface area contributed by atoms with E-state index in [1.54, 1.807) is 47.4 Å². The Kier molecular flexibility index (Phi) is 23.1. The number of amides is 6. The number of carbonyl (C=O) groups excluding carboxylic acids is 5. The quantitative estimate of drug-likeness (QED) is 0.0286. The second kappa shape index (κ2) is 29.6. The summed E-state index contributed by atoms with van der Waals surface area (Å²) in [4.78, 5) is 113. The van der Waals surface area contributed by atoms with Gasteiger partial charge < -0.3 is 60.6 Å². The predicted molar refractivity (Wildman–Crippen MR) is 270 cm³/mol. The Hall–Kier alpha value is -7.10. The van der Waals surface area contributed by atoms with Gasteiger partial charge in [-0.1, -0.05) is 24.3 Å². The van der Waals surface area contributed by atoms with E-state index >= 15 is 4.39 Å². The van der Waals surface area contributed by atoms with Gasteiger partial charge in [-0.05, 0) is 90.2 Å². The third-order valence-electron chi connectivity index (χ3n) is 11.5. The molecular formula is C49H58FIN8O15. The van der Waals surface area contributed by atoms with E-state index in [4.69, 9.17) is 24.4 Å². The lowest BCUT2D eigenvalue weighted by atomic mass is 10.0. The van der Waals surface area contributed by atoms with Crippen molar-refractivity contribution >= 4 is 80.9 Å². The zero-order valence-corrected chi connectivity index (χ0v) is 42.4. The molecule has 0 radical (unpaired) electrons. The molecule has 1 aromatic heterocycles. The number of nitrogens with one attached hydrogen (secondary N) is 5. The Morgan fingerprint density at radius 3 is 1.96 bits per heavy atom. The number of ether oxygens (including phenoxy) is 3. The van der Waals surface area contributed by atoms with Crippen molar-refractivity contribution in [1.29, 1.82) is 0 Å². The van der Waals surface area contributed by atoms with Gasteiger partial charge in [-0.15, -0.1) is 0 Å². The molecule has 8 N–H and O–H groups in total. The normalized spacial score (nSPS) is 13.2. The van der Waals surface area contributed by atoms with E-state index in [0.29, 0.717) is 44.0 Å². The zero-order chi connectivity index (χ0) is 53.6. The minimum atomic E-state index is -1.51. The monoisotopic (exact) mass is 1140 g/mol. The topological polar surface area (TPSA) is 325 Å². The molecule has 1 aliphatic rings. The molecule has 6 amide bonds. The van der Waals surface area contributed by atoms with Gasteiger partial charge in [0.15, 0.2) is 0 Å². The maximum Gasteiger partial charge on any atom is 0.326 e. The van der Waals surface area contributed by atoms with E-state index < -0.39 is 60.1 Å². The number of H-pyrrole nitrogens is 1. The number of nitrogens with zero attached hydrogens (tertiary/aromatic N) is 3. The van der Waals surface area contributed by atoms with Crippen LogP contribution in [0.25, 0.3) is 10.8 Å². The number of aromatic nitrogens is 2. The van der Waals surface area contributed by atoms with E-state index in [9.17, 15) is 48.3 Å². The fourth-order valence-electron chi connectivity index (χ4n) is 7.63. The molecule has 1 aliphatic heterocycles. The van der Waals surface area contributed by atoms with Gasteiger partial charge in [0.1, 0.15) is 17.9 Å². The zero-order valence-electron chi connectivity index (χ0n) is 40.2. The van der Waals surface area contributed by atoms with Gasteiger partial charge in [0.05, 0.1) is 56.3 Å². The molecule has 4 aromatic rings. The molecule has 2 heterocycles. The molecule has 0 saturated carbocycles. The largest absolute Gasteiger partial charge is 0.481 e. The summed E-state index contributed by atoms with van der Waals surface area (Å²) in [6, 6.07) is 12.2. The van der Waals surface area contributed by atoms with E-state index in [1.807, 2.05) is 22.6 Å². The summed E-state index contributed by atoms with van der Waals surface area (Å²) in [5.74, 6) is -6.25. The number of aromatic amines is 1. The number of unbranched alkanes of at least 4 members (excludes halogenated alkanes) is 1. The number of benzene rings is 3. The molecule has 74 heavy (non-hydrogen) atoms. The fraction of sp³-hybridized carbons (Fsp3) is 0.429. The summed E-state index contributed by atoms with van der Waals surface area (Å²) >= 11 is 2.03. The number of hydrogen-bond acceptors (Lipinski definition) is 13. The summed E-state index contributed by atoms with van der Waals surface area (Å²) in [5.41, 5.74) is 1.36. The lowest BCUT2D eigenvalue weighted by molar-refractivity contribution is -0.141. The average molecular weight is 1140 g/mol. The summed E-state index contributed by atoms with van der Waals surface area (Å²) in [6.45, 7) is 2.43. The van der Waals surface area contributed by atoms with E-state index in [2.05, 4.69) is 31.5 Å². The highest BCUT2D eigenvalue weighted by atomic mass is 127. The summed E-state index contributed by atoms with van der Waals surface area (Å²) in [6.07, 6.45) is 0.139. The molecule has 0 aliphatic carbocycles. The molecule has 2 atom stereocenters. The SMILES string of the molecule is O=C(O)CCC(NC(=O)NC(CCCCNC(=O)CCOCCOCCOCCNC(=O)c1cc(I)cc(C(=O)N2CCN(C(=O)c3cc(Cc4n[nH]c(=O)c5ccccc45)ccc3F)CC2)c1)C(=O)O)C(=O)O. The Bertz CT molecular complexity index is 2700. The molecule has 5 rings (SSSR count). The molecular weight excluding hydrogens is 1090 g/mol. The third-order valence-corrected chi connectivity index (χ3v) is 12.1.